The maximum Gasteiger partial charge on any atom is 0.332 e. The van der Waals surface area contributed by atoms with Gasteiger partial charge in [0.1, 0.15) is 5.65 Å². The number of aryl methyl sites for hydroxylation is 1. The van der Waals surface area contributed by atoms with Crippen molar-refractivity contribution in [3.8, 4) is 0 Å². The van der Waals surface area contributed by atoms with Crippen molar-refractivity contribution in [1.82, 2.24) is 14.1 Å². The molecule has 1 N–H and O–H groups in total. The molecule has 1 aromatic carbocycles. The highest BCUT2D eigenvalue weighted by atomic mass is 32.2. The summed E-state index contributed by atoms with van der Waals surface area (Å²) >= 11 is 0. The Morgan fingerprint density at radius 3 is 2.60 bits per heavy atom. The molecule has 30 heavy (non-hydrogen) atoms. The van der Waals surface area contributed by atoms with E-state index in [1.54, 1.807) is 18.2 Å². The van der Waals surface area contributed by atoms with E-state index in [0.29, 0.717) is 18.7 Å². The van der Waals surface area contributed by atoms with Gasteiger partial charge in [-0.1, -0.05) is 6.07 Å². The number of carbonyl (C=O) groups excluding carboxylic acids is 1. The number of anilines is 2. The number of nitrogens with one attached hydrogen (secondary N) is 1. The Balaban J connectivity index is 1.66. The van der Waals surface area contributed by atoms with Crippen LogP contribution in [0.1, 0.15) is 16.8 Å². The monoisotopic (exact) mass is 429 g/mol. The summed E-state index contributed by atoms with van der Waals surface area (Å²) < 4.78 is 27.8. The Bertz CT molecular complexity index is 1410. The van der Waals surface area contributed by atoms with Crippen molar-refractivity contribution in [3.05, 3.63) is 62.9 Å². The van der Waals surface area contributed by atoms with Gasteiger partial charge < -0.3 is 5.32 Å². The average Bonchev–Trinajstić information content (AvgIpc) is 3.09. The largest absolute Gasteiger partial charge is 0.332 e. The molecular weight excluding hydrogens is 410 g/mol. The molecule has 1 amide bonds. The number of amides is 1. The highest BCUT2D eigenvalue weighted by molar-refractivity contribution is 7.93. The van der Waals surface area contributed by atoms with Gasteiger partial charge in [-0.25, -0.2) is 18.2 Å². The molecule has 0 aliphatic carbocycles. The predicted molar refractivity (Wildman–Crippen MR) is 112 cm³/mol. The van der Waals surface area contributed by atoms with Crippen LogP contribution in [0.4, 0.5) is 11.4 Å². The normalized spacial score (nSPS) is 15.5. The minimum Gasteiger partial charge on any atom is -0.321 e. The van der Waals surface area contributed by atoms with Gasteiger partial charge in [0.05, 0.1) is 28.7 Å². The summed E-state index contributed by atoms with van der Waals surface area (Å²) in [5, 5.41) is 2.85. The summed E-state index contributed by atoms with van der Waals surface area (Å²) in [6.45, 7) is 0.379. The molecule has 1 saturated heterocycles. The number of aromatic nitrogens is 3. The Kier molecular flexibility index (Phi) is 4.69. The lowest BCUT2D eigenvalue weighted by Crippen LogP contribution is -2.37. The number of pyridine rings is 1. The van der Waals surface area contributed by atoms with Crippen LogP contribution in [0.25, 0.3) is 11.0 Å². The molecule has 4 rings (SSSR count). The van der Waals surface area contributed by atoms with Crippen LogP contribution in [0.2, 0.25) is 0 Å². The highest BCUT2D eigenvalue weighted by Crippen LogP contribution is 2.25. The molecule has 3 heterocycles. The van der Waals surface area contributed by atoms with E-state index in [-0.39, 0.29) is 28.0 Å². The fourth-order valence-corrected chi connectivity index (χ4v) is 5.03. The number of hydrogen-bond acceptors (Lipinski definition) is 6. The molecule has 3 aromatic rings. The topological polar surface area (TPSA) is 123 Å². The van der Waals surface area contributed by atoms with Gasteiger partial charge in [0.15, 0.2) is 0 Å². The molecule has 2 aromatic heterocycles. The van der Waals surface area contributed by atoms with Gasteiger partial charge in [-0.3, -0.25) is 23.0 Å². The van der Waals surface area contributed by atoms with Crippen molar-refractivity contribution in [1.29, 1.82) is 0 Å². The Morgan fingerprint density at radius 1 is 1.13 bits per heavy atom. The quantitative estimate of drug-likeness (QED) is 0.644. The van der Waals surface area contributed by atoms with Crippen LogP contribution in [0.3, 0.4) is 0 Å². The van der Waals surface area contributed by atoms with Crippen molar-refractivity contribution in [3.63, 3.8) is 0 Å². The third kappa shape index (κ3) is 3.26. The zero-order valence-corrected chi connectivity index (χ0v) is 17.1. The van der Waals surface area contributed by atoms with E-state index < -0.39 is 27.2 Å². The van der Waals surface area contributed by atoms with E-state index in [0.717, 1.165) is 4.57 Å². The van der Waals surface area contributed by atoms with Crippen molar-refractivity contribution in [2.75, 3.05) is 21.9 Å². The van der Waals surface area contributed by atoms with Gasteiger partial charge in [-0.05, 0) is 30.7 Å². The number of rotatable bonds is 3. The van der Waals surface area contributed by atoms with Crippen molar-refractivity contribution >= 4 is 38.3 Å². The highest BCUT2D eigenvalue weighted by Gasteiger charge is 2.28. The van der Waals surface area contributed by atoms with Crippen LogP contribution >= 0.6 is 0 Å². The smallest absolute Gasteiger partial charge is 0.321 e. The van der Waals surface area contributed by atoms with Gasteiger partial charge in [0.2, 0.25) is 10.0 Å². The van der Waals surface area contributed by atoms with Crippen LogP contribution in [0.15, 0.2) is 46.1 Å². The molecule has 156 valence electrons. The second-order valence-corrected chi connectivity index (χ2v) is 9.06. The summed E-state index contributed by atoms with van der Waals surface area (Å²) in [5.74, 6) is -0.389. The summed E-state index contributed by atoms with van der Waals surface area (Å²) in [6.07, 6.45) is 1.90. The third-order valence-corrected chi connectivity index (χ3v) is 6.92. The molecule has 0 bridgehead atoms. The molecule has 10 nitrogen and oxygen atoms in total. The minimum atomic E-state index is -3.36. The van der Waals surface area contributed by atoms with E-state index in [1.807, 2.05) is 0 Å². The number of nitrogens with zero attached hydrogens (tertiary/aromatic N) is 4. The summed E-state index contributed by atoms with van der Waals surface area (Å²) in [7, 11) is -0.480. The Morgan fingerprint density at radius 2 is 1.90 bits per heavy atom. The second-order valence-electron chi connectivity index (χ2n) is 7.05. The number of benzene rings is 1. The first kappa shape index (κ1) is 19.8. The first-order valence-corrected chi connectivity index (χ1v) is 10.8. The van der Waals surface area contributed by atoms with Crippen molar-refractivity contribution < 1.29 is 13.2 Å². The third-order valence-electron chi connectivity index (χ3n) is 5.05. The van der Waals surface area contributed by atoms with E-state index in [1.165, 1.54) is 41.3 Å². The van der Waals surface area contributed by atoms with E-state index >= 15 is 0 Å². The standard InChI is InChI=1S/C19H19N5O5S/c1-22-16-15(18(26)23(2)19(22)27)10-13(11-20-16)21-17(25)12-5-3-6-14(9-12)24-7-4-8-30(24,28)29/h3,5-6,9-11H,4,7-8H2,1-2H3,(H,21,25). The molecule has 0 radical (unpaired) electrons. The lowest BCUT2D eigenvalue weighted by atomic mass is 10.2. The van der Waals surface area contributed by atoms with Crippen molar-refractivity contribution in [2.45, 2.75) is 6.42 Å². The summed E-state index contributed by atoms with van der Waals surface area (Å²) in [6, 6.07) is 7.79. The first-order valence-electron chi connectivity index (χ1n) is 9.16. The average molecular weight is 429 g/mol. The molecule has 0 spiro atoms. The molecule has 1 aliphatic heterocycles. The fraction of sp³-hybridized carbons (Fsp3) is 0.263. The van der Waals surface area contributed by atoms with Gasteiger partial charge in [-0.15, -0.1) is 0 Å². The molecule has 11 heteroatoms. The van der Waals surface area contributed by atoms with Crippen LogP contribution in [-0.4, -0.2) is 40.7 Å². The SMILES string of the molecule is Cn1c(=O)c2cc(NC(=O)c3cccc(N4CCCS4(=O)=O)c3)cnc2n(C)c1=O. The number of fused-ring (bicyclic) bond motifs is 1. The lowest BCUT2D eigenvalue weighted by molar-refractivity contribution is 0.102. The van der Waals surface area contributed by atoms with Gasteiger partial charge in [-0.2, -0.15) is 0 Å². The zero-order valence-electron chi connectivity index (χ0n) is 16.3. The molecule has 0 atom stereocenters. The molecule has 0 saturated carbocycles. The molecule has 1 aliphatic rings. The molecular formula is C19H19N5O5S. The Labute approximate surface area is 171 Å². The van der Waals surface area contributed by atoms with E-state index in [9.17, 15) is 22.8 Å². The fourth-order valence-electron chi connectivity index (χ4n) is 3.47. The van der Waals surface area contributed by atoms with Crippen LogP contribution < -0.4 is 20.9 Å². The van der Waals surface area contributed by atoms with Gasteiger partial charge in [0, 0.05) is 26.2 Å². The second kappa shape index (κ2) is 7.10. The Hall–Kier alpha value is -3.47. The van der Waals surface area contributed by atoms with Crippen LogP contribution in [0, 0.1) is 0 Å². The molecule has 1 fully saturated rings. The summed E-state index contributed by atoms with van der Waals surface area (Å²) in [4.78, 5) is 41.2. The van der Waals surface area contributed by atoms with E-state index in [2.05, 4.69) is 10.3 Å². The van der Waals surface area contributed by atoms with Gasteiger partial charge >= 0.3 is 5.69 Å². The first-order chi connectivity index (χ1) is 14.2. The molecule has 0 unspecified atom stereocenters. The predicted octanol–water partition coefficient (Wildman–Crippen LogP) is 0.424. The zero-order chi connectivity index (χ0) is 21.6. The van der Waals surface area contributed by atoms with E-state index in [4.69, 9.17) is 0 Å². The van der Waals surface area contributed by atoms with Gasteiger partial charge in [0.25, 0.3) is 11.5 Å². The van der Waals surface area contributed by atoms with Crippen molar-refractivity contribution in [2.24, 2.45) is 14.1 Å². The maximum atomic E-state index is 12.7. The number of sulfonamides is 1. The summed E-state index contributed by atoms with van der Waals surface area (Å²) in [5.41, 5.74) is 0.178. The number of hydrogen-bond donors (Lipinski definition) is 1. The minimum absolute atomic E-state index is 0.0869. The maximum absolute atomic E-state index is 12.7. The van der Waals surface area contributed by atoms with Crippen LogP contribution in [-0.2, 0) is 24.1 Å². The van der Waals surface area contributed by atoms with Crippen LogP contribution in [0.5, 0.6) is 0 Å². The number of carbonyl (C=O) groups is 1. The lowest BCUT2D eigenvalue weighted by Gasteiger charge is -2.17.